The van der Waals surface area contributed by atoms with Gasteiger partial charge in [0.05, 0.1) is 6.10 Å². The van der Waals surface area contributed by atoms with E-state index >= 15 is 0 Å². The number of halogens is 1. The Balaban J connectivity index is 2.06. The molecule has 0 saturated heterocycles. The van der Waals surface area contributed by atoms with Crippen LogP contribution in [0.3, 0.4) is 0 Å². The van der Waals surface area contributed by atoms with Gasteiger partial charge in [0.15, 0.2) is 0 Å². The third-order valence-corrected chi connectivity index (χ3v) is 3.29. The Hall–Kier alpha value is -0.930. The highest BCUT2D eigenvalue weighted by Gasteiger charge is 2.45. The minimum absolute atomic E-state index is 0.154. The van der Waals surface area contributed by atoms with Crippen molar-refractivity contribution in [3.63, 3.8) is 0 Å². The summed E-state index contributed by atoms with van der Waals surface area (Å²) in [6.45, 7) is 2.47. The molecule has 0 radical (unpaired) electrons. The monoisotopic (exact) mass is 223 g/mol. The van der Waals surface area contributed by atoms with Crippen LogP contribution in [0.4, 0.5) is 4.39 Å². The van der Waals surface area contributed by atoms with Crippen molar-refractivity contribution in [2.45, 2.75) is 37.8 Å². The van der Waals surface area contributed by atoms with Gasteiger partial charge in [0.1, 0.15) is 5.82 Å². The normalized spacial score (nSPS) is 19.4. The first-order chi connectivity index (χ1) is 7.68. The van der Waals surface area contributed by atoms with Crippen LogP contribution in [0.1, 0.15) is 31.7 Å². The second kappa shape index (κ2) is 4.52. The Kier molecular flexibility index (Phi) is 3.26. The van der Waals surface area contributed by atoms with Gasteiger partial charge < -0.3 is 10.4 Å². The lowest BCUT2D eigenvalue weighted by atomic mass is 10.0. The fourth-order valence-corrected chi connectivity index (χ4v) is 1.97. The van der Waals surface area contributed by atoms with Crippen molar-refractivity contribution in [1.29, 1.82) is 0 Å². The maximum Gasteiger partial charge on any atom is 0.128 e. The van der Waals surface area contributed by atoms with Crippen molar-refractivity contribution in [3.8, 4) is 0 Å². The predicted octanol–water partition coefficient (Wildman–Crippen LogP) is 2.18. The Bertz CT molecular complexity index is 363. The summed E-state index contributed by atoms with van der Waals surface area (Å²) in [5.74, 6) is -0.154. The predicted molar refractivity (Wildman–Crippen MR) is 61.6 cm³/mol. The lowest BCUT2D eigenvalue weighted by Crippen LogP contribution is -2.36. The molecule has 1 atom stereocenters. The number of hydrogen-bond donors (Lipinski definition) is 2. The highest BCUT2D eigenvalue weighted by Crippen LogP contribution is 2.46. The molecule has 3 heteroatoms. The standard InChI is InChI=1S/C13H18FNO/c1-2-10(16)9-15-13(7-8-13)11-5-3-4-6-12(11)14/h3-6,10,15-16H,2,7-9H2,1H3/t10-/m1/s1. The fourth-order valence-electron chi connectivity index (χ4n) is 1.97. The maximum atomic E-state index is 13.6. The van der Waals surface area contributed by atoms with Crippen LogP contribution < -0.4 is 5.32 Å². The Labute approximate surface area is 95.5 Å². The summed E-state index contributed by atoms with van der Waals surface area (Å²) in [6.07, 6.45) is 2.28. The second-order valence-corrected chi connectivity index (χ2v) is 4.50. The molecule has 1 fully saturated rings. The van der Waals surface area contributed by atoms with Crippen LogP contribution in [-0.2, 0) is 5.54 Å². The van der Waals surface area contributed by atoms with Crippen molar-refractivity contribution in [2.75, 3.05) is 6.54 Å². The van der Waals surface area contributed by atoms with Gasteiger partial charge in [0, 0.05) is 17.6 Å². The van der Waals surface area contributed by atoms with Crippen LogP contribution in [0.15, 0.2) is 24.3 Å². The third-order valence-electron chi connectivity index (χ3n) is 3.29. The fraction of sp³-hybridized carbons (Fsp3) is 0.538. The van der Waals surface area contributed by atoms with Gasteiger partial charge in [0.2, 0.25) is 0 Å². The van der Waals surface area contributed by atoms with Crippen LogP contribution >= 0.6 is 0 Å². The molecule has 1 saturated carbocycles. The number of benzene rings is 1. The second-order valence-electron chi connectivity index (χ2n) is 4.50. The molecule has 0 amide bonds. The van der Waals surface area contributed by atoms with Gasteiger partial charge in [-0.3, -0.25) is 0 Å². The molecular weight excluding hydrogens is 205 g/mol. The van der Waals surface area contributed by atoms with Gasteiger partial charge in [-0.05, 0) is 25.3 Å². The Morgan fingerprint density at radius 3 is 2.69 bits per heavy atom. The molecule has 0 spiro atoms. The summed E-state index contributed by atoms with van der Waals surface area (Å²) in [5.41, 5.74) is 0.514. The first-order valence-electron chi connectivity index (χ1n) is 5.86. The van der Waals surface area contributed by atoms with Crippen LogP contribution in [0.2, 0.25) is 0 Å². The van der Waals surface area contributed by atoms with E-state index in [0.29, 0.717) is 6.54 Å². The van der Waals surface area contributed by atoms with Crippen molar-refractivity contribution < 1.29 is 9.50 Å². The van der Waals surface area contributed by atoms with Gasteiger partial charge in [0.25, 0.3) is 0 Å². The summed E-state index contributed by atoms with van der Waals surface area (Å²) in [5, 5.41) is 12.8. The molecule has 1 aliphatic carbocycles. The van der Waals surface area contributed by atoms with Gasteiger partial charge >= 0.3 is 0 Å². The van der Waals surface area contributed by atoms with E-state index in [0.717, 1.165) is 24.8 Å². The van der Waals surface area contributed by atoms with E-state index in [1.807, 2.05) is 19.1 Å². The first kappa shape index (κ1) is 11.6. The molecule has 0 heterocycles. The number of rotatable bonds is 5. The topological polar surface area (TPSA) is 32.3 Å². The molecule has 0 unspecified atom stereocenters. The smallest absolute Gasteiger partial charge is 0.128 e. The van der Waals surface area contributed by atoms with Crippen LogP contribution in [0, 0.1) is 5.82 Å². The quantitative estimate of drug-likeness (QED) is 0.802. The zero-order valence-electron chi connectivity index (χ0n) is 9.54. The molecule has 0 aromatic heterocycles. The van der Waals surface area contributed by atoms with E-state index in [9.17, 15) is 9.50 Å². The van der Waals surface area contributed by atoms with Crippen molar-refractivity contribution in [2.24, 2.45) is 0 Å². The summed E-state index contributed by atoms with van der Waals surface area (Å²) in [6, 6.07) is 6.88. The third kappa shape index (κ3) is 2.25. The molecule has 2 N–H and O–H groups in total. The highest BCUT2D eigenvalue weighted by atomic mass is 19.1. The number of aliphatic hydroxyl groups excluding tert-OH is 1. The molecule has 0 bridgehead atoms. The van der Waals surface area contributed by atoms with E-state index in [1.54, 1.807) is 6.07 Å². The number of hydrogen-bond acceptors (Lipinski definition) is 2. The van der Waals surface area contributed by atoms with Crippen molar-refractivity contribution in [3.05, 3.63) is 35.6 Å². The summed E-state index contributed by atoms with van der Waals surface area (Å²) >= 11 is 0. The van der Waals surface area contributed by atoms with Gasteiger partial charge in [-0.25, -0.2) is 4.39 Å². The van der Waals surface area contributed by atoms with Gasteiger partial charge in [-0.1, -0.05) is 25.1 Å². The van der Waals surface area contributed by atoms with Crippen LogP contribution in [-0.4, -0.2) is 17.8 Å². The Morgan fingerprint density at radius 2 is 2.12 bits per heavy atom. The van der Waals surface area contributed by atoms with E-state index in [-0.39, 0.29) is 17.5 Å². The van der Waals surface area contributed by atoms with Crippen LogP contribution in [0.5, 0.6) is 0 Å². The first-order valence-corrected chi connectivity index (χ1v) is 5.86. The van der Waals surface area contributed by atoms with Gasteiger partial charge in [-0.2, -0.15) is 0 Å². The highest BCUT2D eigenvalue weighted by molar-refractivity contribution is 5.31. The van der Waals surface area contributed by atoms with Crippen LogP contribution in [0.25, 0.3) is 0 Å². The lowest BCUT2D eigenvalue weighted by Gasteiger charge is -2.20. The summed E-state index contributed by atoms with van der Waals surface area (Å²) in [4.78, 5) is 0. The molecule has 16 heavy (non-hydrogen) atoms. The summed E-state index contributed by atoms with van der Waals surface area (Å²) < 4.78 is 13.6. The summed E-state index contributed by atoms with van der Waals surface area (Å²) in [7, 11) is 0. The van der Waals surface area contributed by atoms with E-state index < -0.39 is 0 Å². The largest absolute Gasteiger partial charge is 0.392 e. The minimum Gasteiger partial charge on any atom is -0.392 e. The molecule has 2 rings (SSSR count). The molecule has 88 valence electrons. The molecule has 2 nitrogen and oxygen atoms in total. The molecular formula is C13H18FNO. The molecule has 0 aliphatic heterocycles. The van der Waals surface area contributed by atoms with Crippen molar-refractivity contribution >= 4 is 0 Å². The minimum atomic E-state index is -0.343. The number of aliphatic hydroxyl groups is 1. The van der Waals surface area contributed by atoms with E-state index in [4.69, 9.17) is 0 Å². The van der Waals surface area contributed by atoms with Crippen molar-refractivity contribution in [1.82, 2.24) is 5.32 Å². The lowest BCUT2D eigenvalue weighted by molar-refractivity contribution is 0.160. The molecule has 1 aromatic rings. The maximum absolute atomic E-state index is 13.6. The zero-order valence-corrected chi connectivity index (χ0v) is 9.54. The Morgan fingerprint density at radius 1 is 1.44 bits per heavy atom. The molecule has 1 aliphatic rings. The van der Waals surface area contributed by atoms with E-state index in [1.165, 1.54) is 6.07 Å². The zero-order chi connectivity index (χ0) is 11.6. The van der Waals surface area contributed by atoms with E-state index in [2.05, 4.69) is 5.32 Å². The average molecular weight is 223 g/mol. The molecule has 1 aromatic carbocycles. The number of nitrogens with one attached hydrogen (secondary N) is 1. The average Bonchev–Trinajstić information content (AvgIpc) is 3.07. The van der Waals surface area contributed by atoms with Gasteiger partial charge in [-0.15, -0.1) is 0 Å². The SMILES string of the molecule is CC[C@@H](O)CNC1(c2ccccc2F)CC1.